The summed E-state index contributed by atoms with van der Waals surface area (Å²) in [5.41, 5.74) is 0. The molecule has 0 heterocycles. The lowest BCUT2D eigenvalue weighted by Crippen LogP contribution is -2.32. The number of rotatable bonds is 28. The minimum Gasteiger partial charge on any atom is -0.481 e. The molecule has 0 aliphatic rings. The SMILES string of the molecule is CCCCCCCCCCCCCCCCCC(=O)O.OCCN(CCO)CCO.OCCN(CCO)CCO. The van der Waals surface area contributed by atoms with Gasteiger partial charge in [-0.3, -0.25) is 14.6 Å². The van der Waals surface area contributed by atoms with Gasteiger partial charge in [0.2, 0.25) is 0 Å². The summed E-state index contributed by atoms with van der Waals surface area (Å²) in [6, 6.07) is 0. The van der Waals surface area contributed by atoms with Crippen LogP contribution in [-0.4, -0.2) is 130 Å². The van der Waals surface area contributed by atoms with Crippen LogP contribution >= 0.6 is 0 Å². The number of carbonyl (C=O) groups is 1. The standard InChI is InChI=1S/C18H36O2.2C6H15NO3/c1-2-3-4-5-6-7-8-9-10-11-12-13-14-15-16-17-18(19)20;2*8-4-1-7(2-5-9)3-6-10/h2-17H2,1H3,(H,19,20);2*8-10H,1-6H2. The van der Waals surface area contributed by atoms with Crippen molar-refractivity contribution in [1.82, 2.24) is 9.80 Å². The first-order chi connectivity index (χ1) is 19.5. The Labute approximate surface area is 245 Å². The molecule has 0 aromatic heterocycles. The molecule has 0 amide bonds. The summed E-state index contributed by atoms with van der Waals surface area (Å²) in [4.78, 5) is 13.9. The molecule has 244 valence electrons. The zero-order valence-electron chi connectivity index (χ0n) is 25.7. The van der Waals surface area contributed by atoms with Crippen LogP contribution in [0.3, 0.4) is 0 Å². The number of aliphatic hydroxyl groups excluding tert-OH is 6. The van der Waals surface area contributed by atoms with Gasteiger partial charge in [0.15, 0.2) is 0 Å². The Bertz CT molecular complexity index is 415. The van der Waals surface area contributed by atoms with E-state index in [9.17, 15) is 4.79 Å². The number of hydrogen-bond donors (Lipinski definition) is 7. The van der Waals surface area contributed by atoms with Crippen LogP contribution < -0.4 is 0 Å². The summed E-state index contributed by atoms with van der Waals surface area (Å²) in [6.45, 7) is 5.78. The predicted molar refractivity (Wildman–Crippen MR) is 163 cm³/mol. The van der Waals surface area contributed by atoms with Gasteiger partial charge in [-0.05, 0) is 6.42 Å². The summed E-state index contributed by atoms with van der Waals surface area (Å²) in [5.74, 6) is -0.653. The molecule has 0 saturated carbocycles. The maximum atomic E-state index is 10.3. The van der Waals surface area contributed by atoms with Gasteiger partial charge in [0.1, 0.15) is 0 Å². The summed E-state index contributed by atoms with van der Waals surface area (Å²) < 4.78 is 0. The molecular weight excluding hydrogens is 516 g/mol. The Morgan fingerprint density at radius 2 is 0.650 bits per heavy atom. The summed E-state index contributed by atoms with van der Waals surface area (Å²) in [7, 11) is 0. The Hall–Kier alpha value is -0.850. The summed E-state index contributed by atoms with van der Waals surface area (Å²) >= 11 is 0. The van der Waals surface area contributed by atoms with Gasteiger partial charge in [0.25, 0.3) is 0 Å². The molecule has 0 aromatic rings. The number of hydrogen-bond acceptors (Lipinski definition) is 9. The van der Waals surface area contributed by atoms with E-state index in [-0.39, 0.29) is 39.6 Å². The Morgan fingerprint density at radius 1 is 0.425 bits per heavy atom. The van der Waals surface area contributed by atoms with E-state index in [0.717, 1.165) is 12.8 Å². The van der Waals surface area contributed by atoms with Gasteiger partial charge in [0.05, 0.1) is 39.6 Å². The van der Waals surface area contributed by atoms with Crippen molar-refractivity contribution in [2.24, 2.45) is 0 Å². The molecule has 0 unspecified atom stereocenters. The Kier molecular flexibility index (Phi) is 43.9. The molecule has 10 nitrogen and oxygen atoms in total. The van der Waals surface area contributed by atoms with Crippen molar-refractivity contribution < 1.29 is 40.5 Å². The molecule has 0 saturated heterocycles. The minimum atomic E-state index is -0.653. The molecule has 0 aliphatic heterocycles. The summed E-state index contributed by atoms with van der Waals surface area (Å²) in [6.07, 6.45) is 20.2. The fraction of sp³-hybridized carbons (Fsp3) is 0.967. The van der Waals surface area contributed by atoms with Crippen molar-refractivity contribution in [2.45, 2.75) is 110 Å². The van der Waals surface area contributed by atoms with E-state index in [4.69, 9.17) is 35.7 Å². The van der Waals surface area contributed by atoms with E-state index in [1.807, 2.05) is 0 Å². The minimum absolute atomic E-state index is 0.0694. The van der Waals surface area contributed by atoms with E-state index >= 15 is 0 Å². The van der Waals surface area contributed by atoms with Crippen LogP contribution in [0.4, 0.5) is 0 Å². The first kappa shape index (κ1) is 43.6. The third-order valence-electron chi connectivity index (χ3n) is 6.49. The highest BCUT2D eigenvalue weighted by atomic mass is 16.4. The van der Waals surface area contributed by atoms with Gasteiger partial charge < -0.3 is 35.7 Å². The third kappa shape index (κ3) is 41.6. The highest BCUT2D eigenvalue weighted by Gasteiger charge is 2.01. The van der Waals surface area contributed by atoms with Crippen LogP contribution in [0.2, 0.25) is 0 Å². The number of unbranched alkanes of at least 4 members (excludes halogenated alkanes) is 14. The lowest BCUT2D eigenvalue weighted by molar-refractivity contribution is -0.137. The second kappa shape index (κ2) is 40.3. The average molecular weight is 583 g/mol. The lowest BCUT2D eigenvalue weighted by Gasteiger charge is -2.17. The fourth-order valence-electron chi connectivity index (χ4n) is 4.17. The van der Waals surface area contributed by atoms with Gasteiger partial charge in [-0.15, -0.1) is 0 Å². The second-order valence-corrected chi connectivity index (χ2v) is 10.1. The molecule has 0 radical (unpaired) electrons. The highest BCUT2D eigenvalue weighted by molar-refractivity contribution is 5.66. The van der Waals surface area contributed by atoms with E-state index in [1.54, 1.807) is 9.80 Å². The zero-order chi connectivity index (χ0) is 30.5. The molecule has 0 bridgehead atoms. The Morgan fingerprint density at radius 3 is 0.850 bits per heavy atom. The molecule has 0 atom stereocenters. The number of carboxylic acids is 1. The molecule has 0 rings (SSSR count). The second-order valence-electron chi connectivity index (χ2n) is 10.1. The van der Waals surface area contributed by atoms with Gasteiger partial charge in [-0.1, -0.05) is 96.8 Å². The highest BCUT2D eigenvalue weighted by Crippen LogP contribution is 2.13. The molecule has 0 fully saturated rings. The maximum absolute atomic E-state index is 10.3. The maximum Gasteiger partial charge on any atom is 0.303 e. The average Bonchev–Trinajstić information content (AvgIpc) is 2.92. The van der Waals surface area contributed by atoms with Crippen LogP contribution in [0.15, 0.2) is 0 Å². The molecule has 10 heteroatoms. The smallest absolute Gasteiger partial charge is 0.303 e. The number of nitrogens with zero attached hydrogens (tertiary/aromatic N) is 2. The third-order valence-corrected chi connectivity index (χ3v) is 6.49. The first-order valence-corrected chi connectivity index (χ1v) is 15.8. The monoisotopic (exact) mass is 582 g/mol. The van der Waals surface area contributed by atoms with Crippen molar-refractivity contribution in [3.63, 3.8) is 0 Å². The number of carboxylic acid groups (broad SMARTS) is 1. The van der Waals surface area contributed by atoms with Crippen LogP contribution in [0.1, 0.15) is 110 Å². The van der Waals surface area contributed by atoms with Crippen molar-refractivity contribution in [2.75, 3.05) is 78.9 Å². The fourth-order valence-corrected chi connectivity index (χ4v) is 4.17. The molecule has 0 spiro atoms. The van der Waals surface area contributed by atoms with E-state index < -0.39 is 5.97 Å². The normalized spacial score (nSPS) is 10.8. The van der Waals surface area contributed by atoms with E-state index in [0.29, 0.717) is 45.7 Å². The molecule has 0 aliphatic carbocycles. The Balaban J connectivity index is -0.000000573. The van der Waals surface area contributed by atoms with Crippen LogP contribution in [0, 0.1) is 0 Å². The van der Waals surface area contributed by atoms with Crippen molar-refractivity contribution in [3.05, 3.63) is 0 Å². The zero-order valence-corrected chi connectivity index (χ0v) is 25.7. The van der Waals surface area contributed by atoms with Crippen molar-refractivity contribution in [1.29, 1.82) is 0 Å². The quantitative estimate of drug-likeness (QED) is 0.0682. The first-order valence-electron chi connectivity index (χ1n) is 15.8. The summed E-state index contributed by atoms with van der Waals surface area (Å²) in [5, 5.41) is 59.4. The van der Waals surface area contributed by atoms with E-state index in [2.05, 4.69) is 6.92 Å². The van der Waals surface area contributed by atoms with Gasteiger partial charge in [0, 0.05) is 45.7 Å². The largest absolute Gasteiger partial charge is 0.481 e. The van der Waals surface area contributed by atoms with Crippen LogP contribution in [0.5, 0.6) is 0 Å². The van der Waals surface area contributed by atoms with Crippen molar-refractivity contribution >= 4 is 5.97 Å². The van der Waals surface area contributed by atoms with Gasteiger partial charge in [-0.2, -0.15) is 0 Å². The number of aliphatic carboxylic acids is 1. The lowest BCUT2D eigenvalue weighted by atomic mass is 10.0. The molecule has 7 N–H and O–H groups in total. The topological polar surface area (TPSA) is 165 Å². The van der Waals surface area contributed by atoms with Crippen molar-refractivity contribution in [3.8, 4) is 0 Å². The van der Waals surface area contributed by atoms with Gasteiger partial charge in [-0.25, -0.2) is 0 Å². The predicted octanol–water partition coefficient (Wildman–Crippen LogP) is 2.86. The van der Waals surface area contributed by atoms with Crippen LogP contribution in [-0.2, 0) is 4.79 Å². The van der Waals surface area contributed by atoms with Crippen LogP contribution in [0.25, 0.3) is 0 Å². The van der Waals surface area contributed by atoms with E-state index in [1.165, 1.54) is 83.5 Å². The molecular formula is C30H66N2O8. The number of aliphatic hydroxyl groups is 6. The molecule has 40 heavy (non-hydrogen) atoms. The molecule has 0 aromatic carbocycles. The van der Waals surface area contributed by atoms with Gasteiger partial charge >= 0.3 is 5.97 Å².